The Morgan fingerprint density at radius 1 is 1.37 bits per heavy atom. The fourth-order valence-corrected chi connectivity index (χ4v) is 2.34. The zero-order valence-electron chi connectivity index (χ0n) is 12.3. The van der Waals surface area contributed by atoms with Crippen LogP contribution in [0.2, 0.25) is 0 Å². The first kappa shape index (κ1) is 15.9. The molecule has 2 N–H and O–H groups in total. The Bertz CT molecular complexity index is 325. The molecule has 19 heavy (non-hydrogen) atoms. The number of nitrogens with zero attached hydrogens (tertiary/aromatic N) is 1. The molecule has 0 radical (unpaired) electrons. The molecule has 6 nitrogen and oxygen atoms in total. The van der Waals surface area contributed by atoms with Gasteiger partial charge in [0.25, 0.3) is 5.91 Å². The summed E-state index contributed by atoms with van der Waals surface area (Å²) in [4.78, 5) is 25.6. The summed E-state index contributed by atoms with van der Waals surface area (Å²) in [5.41, 5.74) is -0.780. The summed E-state index contributed by atoms with van der Waals surface area (Å²) in [5, 5.41) is 5.98. The van der Waals surface area contributed by atoms with E-state index >= 15 is 0 Å². The van der Waals surface area contributed by atoms with Gasteiger partial charge in [0.15, 0.2) is 0 Å². The van der Waals surface area contributed by atoms with E-state index < -0.39 is 5.60 Å². The fraction of sp³-hybridized carbons (Fsp3) is 0.846. The highest BCUT2D eigenvalue weighted by Gasteiger charge is 2.41. The molecule has 1 heterocycles. The van der Waals surface area contributed by atoms with Crippen molar-refractivity contribution in [1.82, 2.24) is 15.5 Å². The van der Waals surface area contributed by atoms with Crippen molar-refractivity contribution in [1.29, 1.82) is 0 Å². The van der Waals surface area contributed by atoms with Crippen LogP contribution in [0.1, 0.15) is 26.7 Å². The SMILES string of the molecule is COC1(C(=O)N(C)CC(=O)NC(C)C)CCNCC1. The van der Waals surface area contributed by atoms with Gasteiger partial charge in [-0.05, 0) is 39.8 Å². The molecule has 0 aromatic carbocycles. The number of methoxy groups -OCH3 is 1. The Hall–Kier alpha value is -1.14. The third kappa shape index (κ3) is 4.18. The first-order valence-corrected chi connectivity index (χ1v) is 6.72. The topological polar surface area (TPSA) is 70.7 Å². The lowest BCUT2D eigenvalue weighted by Crippen LogP contribution is -2.56. The molecule has 1 fully saturated rings. The van der Waals surface area contributed by atoms with E-state index in [4.69, 9.17) is 4.74 Å². The van der Waals surface area contributed by atoms with Crippen LogP contribution in [0, 0.1) is 0 Å². The number of carbonyl (C=O) groups is 2. The van der Waals surface area contributed by atoms with E-state index in [1.54, 1.807) is 14.2 Å². The molecule has 1 aliphatic rings. The third-order valence-corrected chi connectivity index (χ3v) is 3.37. The van der Waals surface area contributed by atoms with Crippen molar-refractivity contribution in [3.63, 3.8) is 0 Å². The van der Waals surface area contributed by atoms with E-state index in [1.165, 1.54) is 4.90 Å². The van der Waals surface area contributed by atoms with Crippen LogP contribution in [0.5, 0.6) is 0 Å². The Labute approximate surface area is 114 Å². The van der Waals surface area contributed by atoms with E-state index in [0.717, 1.165) is 13.1 Å². The number of hydrogen-bond acceptors (Lipinski definition) is 4. The minimum Gasteiger partial charge on any atom is -0.368 e. The summed E-state index contributed by atoms with van der Waals surface area (Å²) in [7, 11) is 3.20. The summed E-state index contributed by atoms with van der Waals surface area (Å²) >= 11 is 0. The molecule has 0 atom stereocenters. The van der Waals surface area contributed by atoms with Crippen molar-refractivity contribution < 1.29 is 14.3 Å². The van der Waals surface area contributed by atoms with Gasteiger partial charge >= 0.3 is 0 Å². The van der Waals surface area contributed by atoms with E-state index in [-0.39, 0.29) is 24.4 Å². The quantitative estimate of drug-likeness (QED) is 0.722. The monoisotopic (exact) mass is 271 g/mol. The molecular formula is C13H25N3O3. The first-order valence-electron chi connectivity index (χ1n) is 6.72. The predicted molar refractivity (Wildman–Crippen MR) is 72.8 cm³/mol. The highest BCUT2D eigenvalue weighted by molar-refractivity contribution is 5.89. The van der Waals surface area contributed by atoms with Gasteiger partial charge < -0.3 is 20.3 Å². The molecule has 2 amide bonds. The second kappa shape index (κ2) is 6.86. The molecule has 0 unspecified atom stereocenters. The maximum atomic E-state index is 12.5. The molecule has 0 bridgehead atoms. The van der Waals surface area contributed by atoms with Crippen molar-refractivity contribution in [2.24, 2.45) is 0 Å². The van der Waals surface area contributed by atoms with Crippen molar-refractivity contribution in [2.75, 3.05) is 33.8 Å². The van der Waals surface area contributed by atoms with Crippen molar-refractivity contribution in [2.45, 2.75) is 38.3 Å². The number of nitrogens with one attached hydrogen (secondary N) is 2. The molecule has 6 heteroatoms. The van der Waals surface area contributed by atoms with E-state index in [9.17, 15) is 9.59 Å². The molecule has 1 rings (SSSR count). The summed E-state index contributed by atoms with van der Waals surface area (Å²) in [6.07, 6.45) is 1.27. The number of amides is 2. The number of likely N-dealkylation sites (N-methyl/N-ethyl adjacent to an activating group) is 1. The molecule has 0 aromatic heterocycles. The minimum atomic E-state index is -0.780. The van der Waals surface area contributed by atoms with Crippen molar-refractivity contribution >= 4 is 11.8 Å². The highest BCUT2D eigenvalue weighted by atomic mass is 16.5. The second-order valence-corrected chi connectivity index (χ2v) is 5.33. The number of ether oxygens (including phenoxy) is 1. The molecule has 110 valence electrons. The van der Waals surface area contributed by atoms with Gasteiger partial charge in [0, 0.05) is 20.2 Å². The summed E-state index contributed by atoms with van der Waals surface area (Å²) in [6.45, 7) is 5.36. The highest BCUT2D eigenvalue weighted by Crippen LogP contribution is 2.24. The van der Waals surface area contributed by atoms with Crippen LogP contribution < -0.4 is 10.6 Å². The first-order chi connectivity index (χ1) is 8.91. The Kier molecular flexibility index (Phi) is 5.75. The lowest BCUT2D eigenvalue weighted by atomic mass is 9.90. The normalized spacial score (nSPS) is 18.2. The molecule has 1 saturated heterocycles. The van der Waals surface area contributed by atoms with Gasteiger partial charge in [0.2, 0.25) is 5.91 Å². The average Bonchev–Trinajstić information content (AvgIpc) is 2.37. The maximum Gasteiger partial charge on any atom is 0.255 e. The zero-order chi connectivity index (χ0) is 14.5. The number of rotatable bonds is 5. The second-order valence-electron chi connectivity index (χ2n) is 5.33. The fourth-order valence-electron chi connectivity index (χ4n) is 2.34. The predicted octanol–water partition coefficient (Wildman–Crippen LogP) is -0.262. The molecular weight excluding hydrogens is 246 g/mol. The van der Waals surface area contributed by atoms with Crippen LogP contribution in [0.15, 0.2) is 0 Å². The van der Waals surface area contributed by atoms with Crippen molar-refractivity contribution in [3.05, 3.63) is 0 Å². The van der Waals surface area contributed by atoms with Gasteiger partial charge in [-0.15, -0.1) is 0 Å². The average molecular weight is 271 g/mol. The minimum absolute atomic E-state index is 0.0650. The molecule has 1 aliphatic heterocycles. The lowest BCUT2D eigenvalue weighted by molar-refractivity contribution is -0.158. The Balaban J connectivity index is 2.61. The Morgan fingerprint density at radius 3 is 2.42 bits per heavy atom. The number of carbonyl (C=O) groups excluding carboxylic acids is 2. The number of piperidine rings is 1. The zero-order valence-corrected chi connectivity index (χ0v) is 12.3. The van der Waals surface area contributed by atoms with Crippen LogP contribution in [-0.2, 0) is 14.3 Å². The van der Waals surface area contributed by atoms with E-state index in [1.807, 2.05) is 13.8 Å². The van der Waals surface area contributed by atoms with E-state index in [0.29, 0.717) is 12.8 Å². The summed E-state index contributed by atoms with van der Waals surface area (Å²) in [5.74, 6) is -0.263. The van der Waals surface area contributed by atoms with Gasteiger partial charge in [-0.1, -0.05) is 0 Å². The van der Waals surface area contributed by atoms with Crippen LogP contribution in [0.3, 0.4) is 0 Å². The van der Waals surface area contributed by atoms with Crippen LogP contribution in [0.25, 0.3) is 0 Å². The van der Waals surface area contributed by atoms with Gasteiger partial charge in [-0.2, -0.15) is 0 Å². The maximum absolute atomic E-state index is 12.5. The lowest BCUT2D eigenvalue weighted by Gasteiger charge is -2.37. The third-order valence-electron chi connectivity index (χ3n) is 3.37. The van der Waals surface area contributed by atoms with E-state index in [2.05, 4.69) is 10.6 Å². The van der Waals surface area contributed by atoms with Crippen molar-refractivity contribution in [3.8, 4) is 0 Å². The molecule has 0 saturated carbocycles. The summed E-state index contributed by atoms with van der Waals surface area (Å²) in [6, 6.07) is 0.0752. The van der Waals surface area contributed by atoms with Crippen LogP contribution >= 0.6 is 0 Å². The number of hydrogen-bond donors (Lipinski definition) is 2. The van der Waals surface area contributed by atoms with Gasteiger partial charge in [0.05, 0.1) is 6.54 Å². The van der Waals surface area contributed by atoms with Gasteiger partial charge in [0.1, 0.15) is 5.60 Å². The molecule has 0 aromatic rings. The standard InChI is InChI=1S/C13H25N3O3/c1-10(2)15-11(17)9-16(3)12(18)13(19-4)5-7-14-8-6-13/h10,14H,5-9H2,1-4H3,(H,15,17). The smallest absolute Gasteiger partial charge is 0.255 e. The summed E-state index contributed by atoms with van der Waals surface area (Å²) < 4.78 is 5.46. The largest absolute Gasteiger partial charge is 0.368 e. The Morgan fingerprint density at radius 2 is 1.95 bits per heavy atom. The van der Waals surface area contributed by atoms with Crippen LogP contribution in [-0.4, -0.2) is 62.1 Å². The van der Waals surface area contributed by atoms with Gasteiger partial charge in [-0.25, -0.2) is 0 Å². The molecule has 0 aliphatic carbocycles. The van der Waals surface area contributed by atoms with Gasteiger partial charge in [-0.3, -0.25) is 9.59 Å². The molecule has 0 spiro atoms. The van der Waals surface area contributed by atoms with Crippen LogP contribution in [0.4, 0.5) is 0 Å².